The van der Waals surface area contributed by atoms with Gasteiger partial charge in [-0.05, 0) is 36.9 Å². The van der Waals surface area contributed by atoms with E-state index in [-0.39, 0.29) is 35.4 Å². The predicted molar refractivity (Wildman–Crippen MR) is 104 cm³/mol. The van der Waals surface area contributed by atoms with Gasteiger partial charge in [0.25, 0.3) is 0 Å². The van der Waals surface area contributed by atoms with Crippen LogP contribution in [0.4, 0.5) is 5.69 Å². The summed E-state index contributed by atoms with van der Waals surface area (Å²) in [6.45, 7) is 3.95. The molecule has 5 heterocycles. The maximum absolute atomic E-state index is 13.6. The second-order valence-corrected chi connectivity index (χ2v) is 9.47. The Labute approximate surface area is 169 Å². The maximum Gasteiger partial charge on any atom is 0.304 e. The van der Waals surface area contributed by atoms with Crippen molar-refractivity contribution in [2.75, 3.05) is 24.6 Å². The van der Waals surface area contributed by atoms with E-state index in [9.17, 15) is 9.59 Å². The van der Waals surface area contributed by atoms with Crippen LogP contribution in [0.15, 0.2) is 35.9 Å². The molecule has 7 rings (SSSR count). The second kappa shape index (κ2) is 5.10. The molecule has 29 heavy (non-hydrogen) atoms. The van der Waals surface area contributed by atoms with Crippen molar-refractivity contribution in [1.82, 2.24) is 4.90 Å². The predicted octanol–water partition coefficient (Wildman–Crippen LogP) is 1.98. The molecule has 6 heteroatoms. The van der Waals surface area contributed by atoms with Gasteiger partial charge in [-0.3, -0.25) is 19.4 Å². The number of esters is 1. The number of hydrogen-bond donors (Lipinski definition) is 0. The fourth-order valence-electron chi connectivity index (χ4n) is 7.99. The van der Waals surface area contributed by atoms with Crippen LogP contribution < -0.4 is 4.90 Å². The summed E-state index contributed by atoms with van der Waals surface area (Å²) in [4.78, 5) is 30.6. The van der Waals surface area contributed by atoms with Gasteiger partial charge in [0.1, 0.15) is 0 Å². The van der Waals surface area contributed by atoms with Crippen molar-refractivity contribution in [3.05, 3.63) is 41.5 Å². The Bertz CT molecular complexity index is 1000. The fraction of sp³-hybridized carbons (Fsp3) is 0.565. The van der Waals surface area contributed by atoms with Gasteiger partial charge in [0.15, 0.2) is 0 Å². The Kier molecular flexibility index (Phi) is 2.92. The van der Waals surface area contributed by atoms with Crippen LogP contribution in [0.5, 0.6) is 0 Å². The van der Waals surface area contributed by atoms with Crippen LogP contribution in [0, 0.1) is 11.8 Å². The first-order chi connectivity index (χ1) is 14.1. The van der Waals surface area contributed by atoms with Crippen molar-refractivity contribution >= 4 is 17.6 Å². The highest BCUT2D eigenvalue weighted by Gasteiger charge is 2.81. The zero-order valence-corrected chi connectivity index (χ0v) is 16.5. The number of hydrogen-bond acceptors (Lipinski definition) is 5. The third kappa shape index (κ3) is 1.63. The lowest BCUT2D eigenvalue weighted by Gasteiger charge is -2.64. The van der Waals surface area contributed by atoms with Crippen LogP contribution in [-0.4, -0.2) is 54.3 Å². The van der Waals surface area contributed by atoms with E-state index in [1.54, 1.807) is 0 Å². The molecule has 2 unspecified atom stereocenters. The van der Waals surface area contributed by atoms with E-state index in [0.29, 0.717) is 18.9 Å². The van der Waals surface area contributed by atoms with Crippen LogP contribution >= 0.6 is 0 Å². The Morgan fingerprint density at radius 1 is 1.31 bits per heavy atom. The first-order valence-electron chi connectivity index (χ1n) is 10.7. The summed E-state index contributed by atoms with van der Waals surface area (Å²) < 4.78 is 12.7. The van der Waals surface area contributed by atoms with E-state index < -0.39 is 5.72 Å². The minimum atomic E-state index is -0.991. The molecule has 5 aliphatic heterocycles. The molecule has 6 atom stereocenters. The zero-order chi connectivity index (χ0) is 19.5. The van der Waals surface area contributed by atoms with E-state index in [0.717, 1.165) is 31.6 Å². The molecule has 150 valence electrons. The molecule has 1 aromatic rings. The van der Waals surface area contributed by atoms with Crippen LogP contribution in [-0.2, 0) is 24.5 Å². The van der Waals surface area contributed by atoms with E-state index in [2.05, 4.69) is 23.1 Å². The van der Waals surface area contributed by atoms with Crippen molar-refractivity contribution in [1.29, 1.82) is 0 Å². The van der Waals surface area contributed by atoms with Gasteiger partial charge < -0.3 is 9.47 Å². The second-order valence-electron chi connectivity index (χ2n) is 9.47. The van der Waals surface area contributed by atoms with Crippen molar-refractivity contribution in [3.8, 4) is 0 Å². The average molecular weight is 392 g/mol. The minimum absolute atomic E-state index is 0.0127. The molecule has 2 bridgehead atoms. The number of carbonyl (C=O) groups is 2. The fourth-order valence-corrected chi connectivity index (χ4v) is 7.99. The molecule has 0 radical (unpaired) electrons. The number of amides is 1. The summed E-state index contributed by atoms with van der Waals surface area (Å²) in [5.74, 6) is -0.0384. The summed E-state index contributed by atoms with van der Waals surface area (Å²) in [5, 5.41) is 0. The average Bonchev–Trinajstić information content (AvgIpc) is 3.12. The molecule has 1 saturated carbocycles. The standard InChI is InChI=1S/C23H24N2O4/c1-13(26)29-23-21-15-10-19-22(23)7-8-24(19)12-14(15)6-9-28-18(21)11-20(27)25(23)17-5-3-2-4-16(17)22/h2-6,15,18-19,21H,7-12H2,1H3/t15-,18?,19-,21+,22+,23?/m0/s1. The summed E-state index contributed by atoms with van der Waals surface area (Å²) in [6, 6.07) is 8.51. The molecule has 4 fully saturated rings. The van der Waals surface area contributed by atoms with E-state index in [1.807, 2.05) is 17.0 Å². The van der Waals surface area contributed by atoms with E-state index in [4.69, 9.17) is 9.47 Å². The van der Waals surface area contributed by atoms with Crippen molar-refractivity contribution < 1.29 is 19.1 Å². The van der Waals surface area contributed by atoms with Crippen molar-refractivity contribution in [3.63, 3.8) is 0 Å². The summed E-state index contributed by atoms with van der Waals surface area (Å²) in [6.07, 6.45) is 4.31. The molecule has 1 aliphatic carbocycles. The molecular formula is C23H24N2O4. The molecule has 3 saturated heterocycles. The van der Waals surface area contributed by atoms with E-state index >= 15 is 0 Å². The van der Waals surface area contributed by atoms with Gasteiger partial charge in [0.05, 0.1) is 36.2 Å². The Morgan fingerprint density at radius 2 is 2.17 bits per heavy atom. The Balaban J connectivity index is 1.61. The van der Waals surface area contributed by atoms with Crippen LogP contribution in [0.3, 0.4) is 0 Å². The highest BCUT2D eigenvalue weighted by molar-refractivity contribution is 6.00. The number of ether oxygens (including phenoxy) is 2. The lowest BCUT2D eigenvalue weighted by atomic mass is 9.51. The SMILES string of the molecule is CC(=O)OC12[C@H]3C4CC(=O)N1c1ccccc1[C@@]21CCN2CC(=CCO4)[C@@H]3C[C@H]21. The van der Waals surface area contributed by atoms with Gasteiger partial charge >= 0.3 is 5.97 Å². The third-order valence-electron chi connectivity index (χ3n) is 8.61. The van der Waals surface area contributed by atoms with Gasteiger partial charge in [0, 0.05) is 19.5 Å². The smallest absolute Gasteiger partial charge is 0.304 e. The number of fused-ring (bicyclic) bond motifs is 2. The minimum Gasteiger partial charge on any atom is -0.437 e. The van der Waals surface area contributed by atoms with Crippen LogP contribution in [0.1, 0.15) is 31.7 Å². The van der Waals surface area contributed by atoms with Gasteiger partial charge in [0.2, 0.25) is 11.6 Å². The third-order valence-corrected chi connectivity index (χ3v) is 8.61. The largest absolute Gasteiger partial charge is 0.437 e. The Hall–Kier alpha value is -2.18. The lowest BCUT2D eigenvalue weighted by molar-refractivity contribution is -0.218. The number of carbonyl (C=O) groups excluding carboxylic acids is 2. The highest BCUT2D eigenvalue weighted by atomic mass is 16.6. The molecule has 6 aliphatic rings. The van der Waals surface area contributed by atoms with E-state index in [1.165, 1.54) is 18.1 Å². The lowest BCUT2D eigenvalue weighted by Crippen LogP contribution is -2.78. The van der Waals surface area contributed by atoms with Gasteiger partial charge in [-0.2, -0.15) is 0 Å². The van der Waals surface area contributed by atoms with Gasteiger partial charge in [-0.25, -0.2) is 0 Å². The number of para-hydroxylation sites is 1. The van der Waals surface area contributed by atoms with Crippen molar-refractivity contribution in [2.45, 2.75) is 49.5 Å². The zero-order valence-electron chi connectivity index (χ0n) is 16.5. The quantitative estimate of drug-likeness (QED) is 0.540. The van der Waals surface area contributed by atoms with Gasteiger partial charge in [-0.1, -0.05) is 29.8 Å². The molecule has 1 aromatic carbocycles. The summed E-state index contributed by atoms with van der Waals surface area (Å²) in [5.41, 5.74) is 2.14. The molecule has 0 N–H and O–H groups in total. The Morgan fingerprint density at radius 3 is 3.03 bits per heavy atom. The molecule has 6 nitrogen and oxygen atoms in total. The molecule has 1 amide bonds. The molecule has 1 spiro atoms. The highest BCUT2D eigenvalue weighted by Crippen LogP contribution is 2.71. The molecular weight excluding hydrogens is 368 g/mol. The normalized spacial score (nSPS) is 43.6. The molecule has 0 aromatic heterocycles. The number of benzene rings is 1. The summed E-state index contributed by atoms with van der Waals surface area (Å²) >= 11 is 0. The number of rotatable bonds is 1. The maximum atomic E-state index is 13.6. The van der Waals surface area contributed by atoms with Crippen molar-refractivity contribution in [2.24, 2.45) is 11.8 Å². The van der Waals surface area contributed by atoms with Crippen LogP contribution in [0.25, 0.3) is 0 Å². The summed E-state index contributed by atoms with van der Waals surface area (Å²) in [7, 11) is 0. The topological polar surface area (TPSA) is 59.1 Å². The first kappa shape index (κ1) is 16.6. The van der Waals surface area contributed by atoms with Gasteiger partial charge in [-0.15, -0.1) is 0 Å². The number of piperidine rings is 2. The number of nitrogens with zero attached hydrogens (tertiary/aromatic N) is 2. The first-order valence-corrected chi connectivity index (χ1v) is 10.7. The monoisotopic (exact) mass is 392 g/mol. The van der Waals surface area contributed by atoms with Crippen LogP contribution in [0.2, 0.25) is 0 Å². The number of anilines is 1.